The van der Waals surface area contributed by atoms with Gasteiger partial charge in [0.05, 0.1) is 17.1 Å². The fourth-order valence-electron chi connectivity index (χ4n) is 4.21. The Morgan fingerprint density at radius 3 is 2.44 bits per heavy atom. The van der Waals surface area contributed by atoms with Gasteiger partial charge in [-0.2, -0.15) is 4.31 Å². The van der Waals surface area contributed by atoms with Crippen molar-refractivity contribution in [1.82, 2.24) is 9.46 Å². The number of furan rings is 1. The highest BCUT2D eigenvalue weighted by molar-refractivity contribution is 7.89. The largest absolute Gasteiger partial charge is 0.461 e. The average Bonchev–Trinajstić information content (AvgIpc) is 3.43. The van der Waals surface area contributed by atoms with E-state index in [9.17, 15) is 13.2 Å². The molecule has 170 valence electrons. The summed E-state index contributed by atoms with van der Waals surface area (Å²) in [5, 5.41) is 3.89. The Bertz CT molecular complexity index is 1180. The van der Waals surface area contributed by atoms with Crippen molar-refractivity contribution in [2.24, 2.45) is 5.92 Å². The maximum Gasteiger partial charge on any atom is 0.309 e. The number of ether oxygens (including phenoxy) is 1. The lowest BCUT2D eigenvalue weighted by Gasteiger charge is -2.31. The molecule has 8 nitrogen and oxygen atoms in total. The van der Waals surface area contributed by atoms with E-state index >= 15 is 0 Å². The molecule has 0 spiro atoms. The zero-order valence-electron chi connectivity index (χ0n) is 18.3. The lowest BCUT2D eigenvalue weighted by molar-refractivity contribution is -0.151. The minimum Gasteiger partial charge on any atom is -0.461 e. The van der Waals surface area contributed by atoms with Crippen LogP contribution in [-0.4, -0.2) is 36.9 Å². The third-order valence-electron chi connectivity index (χ3n) is 5.68. The Kier molecular flexibility index (Phi) is 6.21. The quantitative estimate of drug-likeness (QED) is 0.514. The van der Waals surface area contributed by atoms with Crippen LogP contribution in [0.5, 0.6) is 0 Å². The molecular formula is C23H26N2O6S. The molecule has 1 aliphatic rings. The Hall–Kier alpha value is -2.91. The molecule has 1 aromatic carbocycles. The monoisotopic (exact) mass is 458 g/mol. The first-order valence-electron chi connectivity index (χ1n) is 10.5. The number of sulfonamides is 1. The summed E-state index contributed by atoms with van der Waals surface area (Å²) in [5.41, 5.74) is 3.00. The summed E-state index contributed by atoms with van der Waals surface area (Å²) in [6.45, 7) is 6.13. The van der Waals surface area contributed by atoms with Crippen molar-refractivity contribution >= 4 is 16.0 Å². The summed E-state index contributed by atoms with van der Waals surface area (Å²) < 4.78 is 43.7. The van der Waals surface area contributed by atoms with E-state index in [0.29, 0.717) is 35.0 Å². The lowest BCUT2D eigenvalue weighted by atomic mass is 9.98. The first kappa shape index (κ1) is 22.3. The van der Waals surface area contributed by atoms with Gasteiger partial charge in [0.2, 0.25) is 15.8 Å². The van der Waals surface area contributed by atoms with Crippen molar-refractivity contribution < 1.29 is 26.9 Å². The minimum absolute atomic E-state index is 0.0106. The third kappa shape index (κ3) is 4.49. The summed E-state index contributed by atoms with van der Waals surface area (Å²) in [4.78, 5) is 12.9. The number of piperidine rings is 1. The fourth-order valence-corrected chi connectivity index (χ4v) is 6.09. The zero-order valence-corrected chi connectivity index (χ0v) is 19.1. The Balaban J connectivity index is 1.34. The van der Waals surface area contributed by atoms with E-state index in [-0.39, 0.29) is 31.6 Å². The molecule has 3 heterocycles. The predicted octanol–water partition coefficient (Wildman–Crippen LogP) is 4.00. The second-order valence-electron chi connectivity index (χ2n) is 8.17. The summed E-state index contributed by atoms with van der Waals surface area (Å²) in [7, 11) is -3.61. The molecule has 0 atom stereocenters. The average molecular weight is 459 g/mol. The number of rotatable bonds is 6. The molecule has 0 bridgehead atoms. The molecule has 0 saturated carbocycles. The summed E-state index contributed by atoms with van der Waals surface area (Å²) >= 11 is 0. The Morgan fingerprint density at radius 1 is 1.12 bits per heavy atom. The molecule has 4 rings (SSSR count). The van der Waals surface area contributed by atoms with E-state index in [2.05, 4.69) is 5.16 Å². The van der Waals surface area contributed by atoms with Gasteiger partial charge in [-0.3, -0.25) is 4.79 Å². The smallest absolute Gasteiger partial charge is 0.309 e. The van der Waals surface area contributed by atoms with Gasteiger partial charge in [0.1, 0.15) is 12.3 Å². The molecule has 9 heteroatoms. The van der Waals surface area contributed by atoms with Crippen LogP contribution in [0.2, 0.25) is 0 Å². The van der Waals surface area contributed by atoms with Crippen molar-refractivity contribution in [3.63, 3.8) is 0 Å². The molecule has 1 aliphatic heterocycles. The zero-order chi connectivity index (χ0) is 22.9. The van der Waals surface area contributed by atoms with Gasteiger partial charge in [0.15, 0.2) is 5.76 Å². The second kappa shape index (κ2) is 8.91. The fraction of sp³-hybridized carbons (Fsp3) is 0.391. The molecule has 32 heavy (non-hydrogen) atoms. The molecular weight excluding hydrogens is 432 g/mol. The SMILES string of the molecule is Cc1cc(C)c(S(=O)(=O)N2CCC(C(=O)OCc3cc(-c4ccco4)on3)CC2)c(C)c1. The number of carbonyl (C=O) groups is 1. The minimum atomic E-state index is -3.61. The molecule has 0 N–H and O–H groups in total. The van der Waals surface area contributed by atoms with Crippen LogP contribution in [0, 0.1) is 26.7 Å². The van der Waals surface area contributed by atoms with Gasteiger partial charge in [-0.15, -0.1) is 0 Å². The maximum atomic E-state index is 13.2. The number of benzene rings is 1. The topological polar surface area (TPSA) is 103 Å². The van der Waals surface area contributed by atoms with E-state index in [1.165, 1.54) is 10.6 Å². The number of esters is 1. The first-order chi connectivity index (χ1) is 15.3. The number of hydrogen-bond acceptors (Lipinski definition) is 7. The number of carbonyl (C=O) groups excluding carboxylic acids is 1. The molecule has 3 aromatic rings. The number of aryl methyl sites for hydroxylation is 3. The van der Waals surface area contributed by atoms with Crippen LogP contribution >= 0.6 is 0 Å². The molecule has 0 radical (unpaired) electrons. The maximum absolute atomic E-state index is 13.2. The Morgan fingerprint density at radius 2 is 1.81 bits per heavy atom. The standard InChI is InChI=1S/C23H26N2O6S/c1-15-11-16(2)22(17(3)12-15)32(27,28)25-8-6-18(7-9-25)23(26)30-14-19-13-21(31-24-19)20-5-4-10-29-20/h4-5,10-13,18H,6-9,14H2,1-3H3. The van der Waals surface area contributed by atoms with Gasteiger partial charge < -0.3 is 13.7 Å². The highest BCUT2D eigenvalue weighted by Gasteiger charge is 2.34. The number of aromatic nitrogens is 1. The Labute approximate surface area is 187 Å². The van der Waals surface area contributed by atoms with E-state index in [1.807, 2.05) is 32.9 Å². The van der Waals surface area contributed by atoms with Crippen LogP contribution in [0.15, 0.2) is 50.4 Å². The van der Waals surface area contributed by atoms with Crippen molar-refractivity contribution in [3.8, 4) is 11.5 Å². The summed E-state index contributed by atoms with van der Waals surface area (Å²) in [6, 6.07) is 8.91. The highest BCUT2D eigenvalue weighted by Crippen LogP contribution is 2.29. The van der Waals surface area contributed by atoms with Crippen molar-refractivity contribution in [2.75, 3.05) is 13.1 Å². The molecule has 1 fully saturated rings. The molecule has 0 aliphatic carbocycles. The van der Waals surface area contributed by atoms with Crippen molar-refractivity contribution in [1.29, 1.82) is 0 Å². The van der Waals surface area contributed by atoms with Crippen LogP contribution in [0.3, 0.4) is 0 Å². The normalized spacial score (nSPS) is 15.7. The molecule has 0 amide bonds. The van der Waals surface area contributed by atoms with Crippen LogP contribution in [0.25, 0.3) is 11.5 Å². The van der Waals surface area contributed by atoms with Crippen molar-refractivity contribution in [2.45, 2.75) is 45.1 Å². The highest BCUT2D eigenvalue weighted by atomic mass is 32.2. The molecule has 2 aromatic heterocycles. The van der Waals surface area contributed by atoms with Gasteiger partial charge in [0.25, 0.3) is 0 Å². The van der Waals surface area contributed by atoms with Crippen molar-refractivity contribution in [3.05, 3.63) is 59.0 Å². The number of hydrogen-bond donors (Lipinski definition) is 0. The molecule has 0 unspecified atom stereocenters. The first-order valence-corrected chi connectivity index (χ1v) is 11.9. The summed E-state index contributed by atoms with van der Waals surface area (Å²) in [6.07, 6.45) is 2.36. The van der Waals surface area contributed by atoms with Crippen LogP contribution in [-0.2, 0) is 26.2 Å². The van der Waals surface area contributed by atoms with Crippen LogP contribution < -0.4 is 0 Å². The van der Waals surface area contributed by atoms with Gasteiger partial charge in [-0.25, -0.2) is 8.42 Å². The van der Waals surface area contributed by atoms with Gasteiger partial charge in [-0.05, 0) is 56.9 Å². The van der Waals surface area contributed by atoms with E-state index in [4.69, 9.17) is 13.7 Å². The summed E-state index contributed by atoms with van der Waals surface area (Å²) in [5.74, 6) is 0.300. The van der Waals surface area contributed by atoms with E-state index in [0.717, 1.165) is 16.7 Å². The number of nitrogens with zero attached hydrogens (tertiary/aromatic N) is 2. The van der Waals surface area contributed by atoms with Gasteiger partial charge >= 0.3 is 5.97 Å². The lowest BCUT2D eigenvalue weighted by Crippen LogP contribution is -2.41. The van der Waals surface area contributed by atoms with E-state index in [1.54, 1.807) is 18.2 Å². The molecule has 1 saturated heterocycles. The van der Waals surface area contributed by atoms with Crippen LogP contribution in [0.1, 0.15) is 35.2 Å². The third-order valence-corrected chi connectivity index (χ3v) is 7.88. The second-order valence-corrected chi connectivity index (χ2v) is 10.0. The van der Waals surface area contributed by atoms with Gasteiger partial charge in [-0.1, -0.05) is 22.9 Å². The predicted molar refractivity (Wildman–Crippen MR) is 116 cm³/mol. The van der Waals surface area contributed by atoms with E-state index < -0.39 is 10.0 Å². The van der Waals surface area contributed by atoms with Crippen LogP contribution in [0.4, 0.5) is 0 Å². The van der Waals surface area contributed by atoms with Gasteiger partial charge in [0, 0.05) is 19.2 Å².